The maximum atomic E-state index is 4.55. The molecule has 126 valence electrons. The van der Waals surface area contributed by atoms with E-state index >= 15 is 0 Å². The third-order valence-corrected chi connectivity index (χ3v) is 5.85. The van der Waals surface area contributed by atoms with E-state index in [2.05, 4.69) is 62.3 Å². The molecule has 0 fully saturated rings. The van der Waals surface area contributed by atoms with Crippen LogP contribution in [0, 0.1) is 0 Å². The number of rotatable bonds is 4. The van der Waals surface area contributed by atoms with Gasteiger partial charge in [0.05, 0.1) is 6.04 Å². The van der Waals surface area contributed by atoms with Crippen LogP contribution in [0.1, 0.15) is 28.5 Å². The van der Waals surface area contributed by atoms with E-state index < -0.39 is 0 Å². The summed E-state index contributed by atoms with van der Waals surface area (Å²) in [5.41, 5.74) is 2.88. The first-order valence-corrected chi connectivity index (χ1v) is 9.64. The lowest BCUT2D eigenvalue weighted by Crippen LogP contribution is -2.45. The minimum atomic E-state index is 0.366. The van der Waals surface area contributed by atoms with E-state index in [0.29, 0.717) is 6.04 Å². The number of nitrogens with one attached hydrogen (secondary N) is 2. The van der Waals surface area contributed by atoms with Crippen molar-refractivity contribution in [3.63, 3.8) is 0 Å². The molecule has 4 rings (SSSR count). The predicted molar refractivity (Wildman–Crippen MR) is 101 cm³/mol. The van der Waals surface area contributed by atoms with E-state index in [1.54, 1.807) is 4.88 Å². The van der Waals surface area contributed by atoms with Crippen molar-refractivity contribution < 1.29 is 0 Å². The molecule has 0 saturated carbocycles. The molecule has 0 saturated heterocycles. The molecule has 2 aliphatic heterocycles. The minimum Gasteiger partial charge on any atom is -0.356 e. The molecule has 0 aliphatic carbocycles. The molecule has 5 heteroatoms. The van der Waals surface area contributed by atoms with Crippen LogP contribution in [-0.4, -0.2) is 37.0 Å². The molecule has 1 atom stereocenters. The summed E-state index contributed by atoms with van der Waals surface area (Å²) in [6, 6.07) is 13.5. The van der Waals surface area contributed by atoms with Crippen molar-refractivity contribution in [3.8, 4) is 0 Å². The van der Waals surface area contributed by atoms with Crippen molar-refractivity contribution >= 4 is 17.3 Å². The average Bonchev–Trinajstić information content (AvgIpc) is 3.12. The topological polar surface area (TPSA) is 39.7 Å². The molecule has 2 aromatic rings. The van der Waals surface area contributed by atoms with E-state index in [1.165, 1.54) is 11.1 Å². The van der Waals surface area contributed by atoms with Gasteiger partial charge < -0.3 is 10.6 Å². The number of benzene rings is 1. The maximum Gasteiger partial charge on any atom is 0.191 e. The smallest absolute Gasteiger partial charge is 0.191 e. The summed E-state index contributed by atoms with van der Waals surface area (Å²) in [5, 5.41) is 9.12. The molecule has 0 amide bonds. The van der Waals surface area contributed by atoms with Crippen LogP contribution in [0.25, 0.3) is 0 Å². The van der Waals surface area contributed by atoms with Gasteiger partial charge in [0.15, 0.2) is 5.96 Å². The van der Waals surface area contributed by atoms with Gasteiger partial charge in [-0.15, -0.1) is 11.3 Å². The first kappa shape index (κ1) is 15.7. The Bertz CT molecular complexity index is 694. The Morgan fingerprint density at radius 1 is 1.25 bits per heavy atom. The van der Waals surface area contributed by atoms with Gasteiger partial charge >= 0.3 is 0 Å². The van der Waals surface area contributed by atoms with Crippen LogP contribution < -0.4 is 10.6 Å². The molecular weight excluding hydrogens is 316 g/mol. The lowest BCUT2D eigenvalue weighted by atomic mass is 10.0. The standard InChI is InChI=1S/C19H24N4S/c1-2-5-15(6-3-1)17(13-22-19-20-9-4-10-21-19)23-11-7-18-16(14-23)8-12-24-18/h1-3,5-6,8,12,17H,4,7,9-11,13-14H2,(H2,20,21,22). The summed E-state index contributed by atoms with van der Waals surface area (Å²) in [6.07, 6.45) is 2.29. The molecular formula is C19H24N4S. The average molecular weight is 340 g/mol. The molecule has 3 heterocycles. The second kappa shape index (κ2) is 7.36. The van der Waals surface area contributed by atoms with Crippen LogP contribution in [0.5, 0.6) is 0 Å². The first-order valence-electron chi connectivity index (χ1n) is 8.76. The number of fused-ring (bicyclic) bond motifs is 1. The van der Waals surface area contributed by atoms with Crippen LogP contribution in [-0.2, 0) is 13.0 Å². The van der Waals surface area contributed by atoms with Crippen molar-refractivity contribution in [2.24, 2.45) is 4.99 Å². The van der Waals surface area contributed by atoms with Gasteiger partial charge in [-0.1, -0.05) is 30.3 Å². The monoisotopic (exact) mass is 340 g/mol. The van der Waals surface area contributed by atoms with Crippen molar-refractivity contribution in [2.75, 3.05) is 26.2 Å². The van der Waals surface area contributed by atoms with Crippen LogP contribution in [0.15, 0.2) is 46.8 Å². The summed E-state index contributed by atoms with van der Waals surface area (Å²) in [7, 11) is 0. The van der Waals surface area contributed by atoms with Crippen LogP contribution in [0.3, 0.4) is 0 Å². The third-order valence-electron chi connectivity index (χ3n) is 4.82. The molecule has 1 aromatic heterocycles. The van der Waals surface area contributed by atoms with Gasteiger partial charge in [-0.25, -0.2) is 0 Å². The van der Waals surface area contributed by atoms with Crippen LogP contribution >= 0.6 is 11.3 Å². The number of hydrogen-bond acceptors (Lipinski definition) is 5. The quantitative estimate of drug-likeness (QED) is 0.899. The van der Waals surface area contributed by atoms with E-state index in [4.69, 9.17) is 0 Å². The maximum absolute atomic E-state index is 4.55. The Hall–Kier alpha value is -1.85. The van der Waals surface area contributed by atoms with Crippen LogP contribution in [0.2, 0.25) is 0 Å². The van der Waals surface area contributed by atoms with Crippen molar-refractivity contribution in [2.45, 2.75) is 25.4 Å². The molecule has 4 nitrogen and oxygen atoms in total. The summed E-state index contributed by atoms with van der Waals surface area (Å²) >= 11 is 1.90. The summed E-state index contributed by atoms with van der Waals surface area (Å²) in [6.45, 7) is 4.99. The molecule has 1 unspecified atom stereocenters. The first-order chi connectivity index (χ1) is 11.9. The Balaban J connectivity index is 1.51. The predicted octanol–water partition coefficient (Wildman–Crippen LogP) is 2.79. The lowest BCUT2D eigenvalue weighted by Gasteiger charge is -2.35. The normalized spacial score (nSPS) is 19.1. The molecule has 24 heavy (non-hydrogen) atoms. The second-order valence-electron chi connectivity index (χ2n) is 6.41. The highest BCUT2D eigenvalue weighted by Crippen LogP contribution is 2.30. The number of guanidine groups is 1. The molecule has 0 radical (unpaired) electrons. The number of hydrogen-bond donors (Lipinski definition) is 2. The largest absolute Gasteiger partial charge is 0.356 e. The molecule has 0 spiro atoms. The number of nitrogens with zero attached hydrogens (tertiary/aromatic N) is 2. The van der Waals surface area contributed by atoms with E-state index in [9.17, 15) is 0 Å². The van der Waals surface area contributed by atoms with Crippen molar-refractivity contribution in [1.29, 1.82) is 0 Å². The fourth-order valence-corrected chi connectivity index (χ4v) is 4.40. The Kier molecular flexibility index (Phi) is 4.81. The van der Waals surface area contributed by atoms with Gasteiger partial charge in [0.1, 0.15) is 0 Å². The van der Waals surface area contributed by atoms with Gasteiger partial charge in [-0.2, -0.15) is 0 Å². The van der Waals surface area contributed by atoms with Crippen molar-refractivity contribution in [1.82, 2.24) is 15.5 Å². The fourth-order valence-electron chi connectivity index (χ4n) is 3.51. The summed E-state index contributed by atoms with van der Waals surface area (Å²) < 4.78 is 0. The SMILES string of the molecule is c1ccc(C(CNC2=NCCCN2)N2CCc3sccc3C2)cc1. The van der Waals surface area contributed by atoms with Gasteiger partial charge in [0, 0.05) is 37.6 Å². The minimum absolute atomic E-state index is 0.366. The highest BCUT2D eigenvalue weighted by atomic mass is 32.1. The lowest BCUT2D eigenvalue weighted by molar-refractivity contribution is 0.181. The molecule has 2 N–H and O–H groups in total. The van der Waals surface area contributed by atoms with Crippen molar-refractivity contribution in [3.05, 3.63) is 57.8 Å². The fraction of sp³-hybridized carbons (Fsp3) is 0.421. The molecule has 2 aliphatic rings. The van der Waals surface area contributed by atoms with E-state index in [0.717, 1.165) is 51.5 Å². The summed E-state index contributed by atoms with van der Waals surface area (Å²) in [4.78, 5) is 8.70. The molecule has 1 aromatic carbocycles. The highest BCUT2D eigenvalue weighted by Gasteiger charge is 2.25. The Morgan fingerprint density at radius 2 is 2.17 bits per heavy atom. The molecule has 0 bridgehead atoms. The summed E-state index contributed by atoms with van der Waals surface area (Å²) in [5.74, 6) is 0.954. The third kappa shape index (κ3) is 3.47. The number of aliphatic imine (C=N–C) groups is 1. The Labute approximate surface area is 147 Å². The van der Waals surface area contributed by atoms with Gasteiger partial charge in [-0.3, -0.25) is 9.89 Å². The number of thiophene rings is 1. The van der Waals surface area contributed by atoms with Gasteiger partial charge in [-0.05, 0) is 35.4 Å². The van der Waals surface area contributed by atoms with Crippen LogP contribution in [0.4, 0.5) is 0 Å². The zero-order valence-corrected chi connectivity index (χ0v) is 14.7. The van der Waals surface area contributed by atoms with Gasteiger partial charge in [0.2, 0.25) is 0 Å². The van der Waals surface area contributed by atoms with Gasteiger partial charge in [0.25, 0.3) is 0 Å². The van der Waals surface area contributed by atoms with E-state index in [1.807, 2.05) is 11.3 Å². The Morgan fingerprint density at radius 3 is 3.00 bits per heavy atom. The highest BCUT2D eigenvalue weighted by molar-refractivity contribution is 7.10. The zero-order valence-electron chi connectivity index (χ0n) is 13.9. The zero-order chi connectivity index (χ0) is 16.2. The second-order valence-corrected chi connectivity index (χ2v) is 7.41. The van der Waals surface area contributed by atoms with E-state index in [-0.39, 0.29) is 0 Å².